The van der Waals surface area contributed by atoms with Gasteiger partial charge in [0.2, 0.25) is 5.76 Å². The number of furan rings is 1. The zero-order chi connectivity index (χ0) is 20.2. The van der Waals surface area contributed by atoms with Gasteiger partial charge in [-0.25, -0.2) is 4.79 Å². The van der Waals surface area contributed by atoms with E-state index >= 15 is 0 Å². The van der Waals surface area contributed by atoms with Crippen molar-refractivity contribution in [1.29, 1.82) is 0 Å². The van der Waals surface area contributed by atoms with Gasteiger partial charge in [-0.1, -0.05) is 48.5 Å². The van der Waals surface area contributed by atoms with Crippen molar-refractivity contribution in [1.82, 2.24) is 10.2 Å². The van der Waals surface area contributed by atoms with E-state index in [0.29, 0.717) is 5.58 Å². The van der Waals surface area contributed by atoms with Crippen molar-refractivity contribution in [2.24, 2.45) is 0 Å². The summed E-state index contributed by atoms with van der Waals surface area (Å²) in [5.41, 5.74) is 2.61. The average molecular weight is 392 g/mol. The highest BCUT2D eigenvalue weighted by Gasteiger charge is 2.25. The lowest BCUT2D eigenvalue weighted by Crippen LogP contribution is -2.39. The van der Waals surface area contributed by atoms with E-state index in [0.717, 1.165) is 37.0 Å². The summed E-state index contributed by atoms with van der Waals surface area (Å²) < 4.78 is 10.8. The van der Waals surface area contributed by atoms with E-state index in [4.69, 9.17) is 9.15 Å². The molecule has 1 saturated heterocycles. The number of carbonyl (C=O) groups excluding carboxylic acids is 2. The van der Waals surface area contributed by atoms with E-state index in [1.54, 1.807) is 6.07 Å². The molecule has 0 radical (unpaired) electrons. The van der Waals surface area contributed by atoms with Crippen LogP contribution in [0.15, 0.2) is 59.0 Å². The van der Waals surface area contributed by atoms with Gasteiger partial charge < -0.3 is 14.5 Å². The molecule has 6 nitrogen and oxygen atoms in total. The molecule has 1 atom stereocenters. The van der Waals surface area contributed by atoms with Crippen LogP contribution in [-0.2, 0) is 16.1 Å². The Hall–Kier alpha value is -3.12. The number of rotatable bonds is 6. The maximum Gasteiger partial charge on any atom is 0.375 e. The maximum atomic E-state index is 12.3. The van der Waals surface area contributed by atoms with Gasteiger partial charge in [-0.05, 0) is 25.0 Å². The Morgan fingerprint density at radius 3 is 2.69 bits per heavy atom. The summed E-state index contributed by atoms with van der Waals surface area (Å²) in [5.74, 6) is -0.765. The largest absolute Gasteiger partial charge is 0.450 e. The van der Waals surface area contributed by atoms with Crippen molar-refractivity contribution in [2.45, 2.75) is 25.9 Å². The third-order valence-corrected chi connectivity index (χ3v) is 5.25. The van der Waals surface area contributed by atoms with Gasteiger partial charge in [-0.3, -0.25) is 9.69 Å². The minimum atomic E-state index is -0.619. The van der Waals surface area contributed by atoms with Gasteiger partial charge in [0.15, 0.2) is 6.61 Å². The summed E-state index contributed by atoms with van der Waals surface area (Å²) in [6, 6.07) is 17.8. The van der Waals surface area contributed by atoms with Crippen LogP contribution < -0.4 is 5.32 Å². The van der Waals surface area contributed by atoms with Crippen molar-refractivity contribution in [3.8, 4) is 0 Å². The number of amides is 1. The molecule has 4 rings (SSSR count). The zero-order valence-corrected chi connectivity index (χ0v) is 16.4. The number of fused-ring (bicyclic) bond motifs is 1. The molecule has 1 fully saturated rings. The van der Waals surface area contributed by atoms with Crippen molar-refractivity contribution < 1.29 is 18.7 Å². The van der Waals surface area contributed by atoms with E-state index in [2.05, 4.69) is 22.3 Å². The molecule has 3 aromatic rings. The molecule has 2 heterocycles. The molecule has 2 aromatic carbocycles. The fraction of sp³-hybridized carbons (Fsp3) is 0.304. The minimum absolute atomic E-state index is 0.0675. The fourth-order valence-corrected chi connectivity index (χ4v) is 3.77. The molecule has 6 heteroatoms. The highest BCUT2D eigenvalue weighted by atomic mass is 16.5. The number of para-hydroxylation sites is 1. The van der Waals surface area contributed by atoms with Gasteiger partial charge in [0, 0.05) is 36.6 Å². The normalized spacial score (nSPS) is 16.8. The molecular weight excluding hydrogens is 368 g/mol. The van der Waals surface area contributed by atoms with Crippen molar-refractivity contribution in [2.75, 3.05) is 19.7 Å². The highest BCUT2D eigenvalue weighted by molar-refractivity contribution is 5.96. The molecule has 1 aliphatic heterocycles. The summed E-state index contributed by atoms with van der Waals surface area (Å²) in [4.78, 5) is 26.9. The summed E-state index contributed by atoms with van der Waals surface area (Å²) in [7, 11) is 0. The topological polar surface area (TPSA) is 71.8 Å². The Kier molecular flexibility index (Phi) is 5.62. The quantitative estimate of drug-likeness (QED) is 0.652. The molecule has 0 bridgehead atoms. The van der Waals surface area contributed by atoms with Gasteiger partial charge >= 0.3 is 5.97 Å². The molecule has 0 aliphatic carbocycles. The lowest BCUT2D eigenvalue weighted by atomic mass is 10.1. The summed E-state index contributed by atoms with van der Waals surface area (Å²) >= 11 is 0. The first-order chi connectivity index (χ1) is 14.1. The standard InChI is InChI=1S/C23H24N2O4/c1-16-19-9-5-6-10-20(19)29-22(16)23(27)28-15-21(26)24-18-11-12-25(14-18)13-17-7-3-2-4-8-17/h2-10,18H,11-15H2,1H3,(H,24,26). The number of esters is 1. The number of nitrogens with zero attached hydrogens (tertiary/aromatic N) is 1. The van der Waals surface area contributed by atoms with Gasteiger partial charge in [-0.15, -0.1) is 0 Å². The summed E-state index contributed by atoms with van der Waals surface area (Å²) in [6.45, 7) is 4.08. The van der Waals surface area contributed by atoms with Crippen molar-refractivity contribution in [3.05, 3.63) is 71.5 Å². The first-order valence-corrected chi connectivity index (χ1v) is 9.81. The number of likely N-dealkylation sites (tertiary alicyclic amines) is 1. The van der Waals surface area contributed by atoms with Crippen LogP contribution in [0, 0.1) is 6.92 Å². The number of hydrogen-bond acceptors (Lipinski definition) is 5. The van der Waals surface area contributed by atoms with Crippen LogP contribution in [0.5, 0.6) is 0 Å². The molecule has 1 N–H and O–H groups in total. The predicted molar refractivity (Wildman–Crippen MR) is 110 cm³/mol. The van der Waals surface area contributed by atoms with Crippen LogP contribution >= 0.6 is 0 Å². The van der Waals surface area contributed by atoms with Crippen molar-refractivity contribution in [3.63, 3.8) is 0 Å². The maximum absolute atomic E-state index is 12.3. The Morgan fingerprint density at radius 1 is 1.14 bits per heavy atom. The van der Waals surface area contributed by atoms with Crippen LogP contribution in [0.1, 0.15) is 28.1 Å². The number of nitrogens with one attached hydrogen (secondary N) is 1. The van der Waals surface area contributed by atoms with E-state index in [-0.39, 0.29) is 24.3 Å². The van der Waals surface area contributed by atoms with Gasteiger partial charge in [0.05, 0.1) is 0 Å². The second-order valence-electron chi connectivity index (χ2n) is 7.40. The molecule has 1 amide bonds. The lowest BCUT2D eigenvalue weighted by molar-refractivity contribution is -0.124. The third kappa shape index (κ3) is 4.49. The van der Waals surface area contributed by atoms with Gasteiger partial charge in [-0.2, -0.15) is 0 Å². The monoisotopic (exact) mass is 392 g/mol. The number of ether oxygens (including phenoxy) is 1. The zero-order valence-electron chi connectivity index (χ0n) is 16.4. The Bertz CT molecular complexity index is 1010. The highest BCUT2D eigenvalue weighted by Crippen LogP contribution is 2.25. The Morgan fingerprint density at radius 2 is 1.90 bits per heavy atom. The summed E-state index contributed by atoms with van der Waals surface area (Å²) in [6.07, 6.45) is 0.884. The predicted octanol–water partition coefficient (Wildman–Crippen LogP) is 3.29. The van der Waals surface area contributed by atoms with Crippen LogP contribution in [0.25, 0.3) is 11.0 Å². The van der Waals surface area contributed by atoms with Gasteiger partial charge in [0.25, 0.3) is 5.91 Å². The second kappa shape index (κ2) is 8.49. The molecule has 150 valence electrons. The minimum Gasteiger partial charge on any atom is -0.450 e. The number of hydrogen-bond donors (Lipinski definition) is 1. The number of carbonyl (C=O) groups is 2. The number of aryl methyl sites for hydroxylation is 1. The van der Waals surface area contributed by atoms with E-state index in [9.17, 15) is 9.59 Å². The third-order valence-electron chi connectivity index (χ3n) is 5.25. The molecule has 29 heavy (non-hydrogen) atoms. The molecule has 0 spiro atoms. The van der Waals surface area contributed by atoms with E-state index < -0.39 is 5.97 Å². The van der Waals surface area contributed by atoms with Crippen LogP contribution in [-0.4, -0.2) is 42.5 Å². The SMILES string of the molecule is Cc1c(C(=O)OCC(=O)NC2CCN(Cc3ccccc3)C2)oc2ccccc12. The number of benzene rings is 2. The smallest absolute Gasteiger partial charge is 0.375 e. The van der Waals surface area contributed by atoms with Gasteiger partial charge in [0.1, 0.15) is 5.58 Å². The molecule has 1 unspecified atom stereocenters. The summed E-state index contributed by atoms with van der Waals surface area (Å²) in [5, 5.41) is 3.82. The van der Waals surface area contributed by atoms with Crippen LogP contribution in [0.2, 0.25) is 0 Å². The van der Waals surface area contributed by atoms with Crippen molar-refractivity contribution >= 4 is 22.8 Å². The first-order valence-electron chi connectivity index (χ1n) is 9.81. The first kappa shape index (κ1) is 19.2. The van der Waals surface area contributed by atoms with Crippen LogP contribution in [0.4, 0.5) is 0 Å². The second-order valence-corrected chi connectivity index (χ2v) is 7.40. The Labute approximate surface area is 169 Å². The van der Waals surface area contributed by atoms with E-state index in [1.165, 1.54) is 5.56 Å². The Balaban J connectivity index is 1.26. The average Bonchev–Trinajstić information content (AvgIpc) is 3.31. The molecule has 1 aliphatic rings. The molecule has 1 aromatic heterocycles. The van der Waals surface area contributed by atoms with Crippen LogP contribution in [0.3, 0.4) is 0 Å². The molecular formula is C23H24N2O4. The lowest BCUT2D eigenvalue weighted by Gasteiger charge is -2.16. The molecule has 0 saturated carbocycles. The fourth-order valence-electron chi connectivity index (χ4n) is 3.77. The van der Waals surface area contributed by atoms with E-state index in [1.807, 2.05) is 43.3 Å².